The van der Waals surface area contributed by atoms with Crippen LogP contribution in [0.3, 0.4) is 0 Å². The minimum atomic E-state index is -3.77. The third-order valence-electron chi connectivity index (χ3n) is 3.16. The first-order valence-electron chi connectivity index (χ1n) is 6.30. The number of benzene rings is 2. The lowest BCUT2D eigenvalue weighted by molar-refractivity contribution is 0.601. The molecule has 0 aliphatic rings. The van der Waals surface area contributed by atoms with Crippen LogP contribution in [0.15, 0.2) is 41.3 Å². The SMILES string of the molecule is C#Cc1cccc(NS(=O)(=O)c2c(C)ccc(C)c2N)c1. The van der Waals surface area contributed by atoms with Crippen LogP contribution in [0.25, 0.3) is 0 Å². The van der Waals surface area contributed by atoms with Crippen LogP contribution in [0.5, 0.6) is 0 Å². The van der Waals surface area contributed by atoms with Crippen molar-refractivity contribution in [3.8, 4) is 12.3 Å². The molecule has 5 heteroatoms. The van der Waals surface area contributed by atoms with Crippen molar-refractivity contribution >= 4 is 21.4 Å². The number of nitrogens with one attached hydrogen (secondary N) is 1. The molecule has 2 aromatic rings. The van der Waals surface area contributed by atoms with Gasteiger partial charge in [0.2, 0.25) is 0 Å². The average molecular weight is 300 g/mol. The van der Waals surface area contributed by atoms with Gasteiger partial charge in [0.15, 0.2) is 0 Å². The minimum Gasteiger partial charge on any atom is -0.397 e. The fraction of sp³-hybridized carbons (Fsp3) is 0.125. The normalized spacial score (nSPS) is 10.9. The largest absolute Gasteiger partial charge is 0.397 e. The van der Waals surface area contributed by atoms with Gasteiger partial charge in [-0.15, -0.1) is 6.42 Å². The Morgan fingerprint density at radius 3 is 2.48 bits per heavy atom. The Balaban J connectivity index is 2.49. The molecule has 108 valence electrons. The van der Waals surface area contributed by atoms with E-state index in [0.29, 0.717) is 16.8 Å². The van der Waals surface area contributed by atoms with Crippen LogP contribution in [0, 0.1) is 26.2 Å². The van der Waals surface area contributed by atoms with Crippen molar-refractivity contribution in [3.63, 3.8) is 0 Å². The molecule has 2 rings (SSSR count). The average Bonchev–Trinajstić information content (AvgIpc) is 2.42. The highest BCUT2D eigenvalue weighted by atomic mass is 32.2. The van der Waals surface area contributed by atoms with E-state index in [-0.39, 0.29) is 10.6 Å². The second-order valence-corrected chi connectivity index (χ2v) is 6.39. The highest BCUT2D eigenvalue weighted by Crippen LogP contribution is 2.27. The van der Waals surface area contributed by atoms with E-state index in [1.165, 1.54) is 0 Å². The summed E-state index contributed by atoms with van der Waals surface area (Å²) in [7, 11) is -3.77. The summed E-state index contributed by atoms with van der Waals surface area (Å²) in [4.78, 5) is 0.105. The Morgan fingerprint density at radius 2 is 1.81 bits per heavy atom. The molecule has 0 saturated heterocycles. The van der Waals surface area contributed by atoms with Crippen LogP contribution in [-0.4, -0.2) is 8.42 Å². The van der Waals surface area contributed by atoms with Gasteiger partial charge in [-0.25, -0.2) is 8.42 Å². The molecule has 0 aliphatic heterocycles. The van der Waals surface area contributed by atoms with E-state index in [4.69, 9.17) is 12.2 Å². The molecule has 0 amide bonds. The first kappa shape index (κ1) is 14.9. The van der Waals surface area contributed by atoms with Crippen molar-refractivity contribution in [2.24, 2.45) is 0 Å². The van der Waals surface area contributed by atoms with E-state index in [0.717, 1.165) is 5.56 Å². The fourth-order valence-electron chi connectivity index (χ4n) is 2.04. The van der Waals surface area contributed by atoms with Gasteiger partial charge < -0.3 is 5.73 Å². The second-order valence-electron chi connectivity index (χ2n) is 4.77. The van der Waals surface area contributed by atoms with Gasteiger partial charge in [0.05, 0.1) is 11.4 Å². The number of rotatable bonds is 3. The Bertz CT molecular complexity index is 834. The highest BCUT2D eigenvalue weighted by Gasteiger charge is 2.21. The third kappa shape index (κ3) is 3.01. The van der Waals surface area contributed by atoms with Crippen molar-refractivity contribution in [2.75, 3.05) is 10.5 Å². The zero-order chi connectivity index (χ0) is 15.6. The van der Waals surface area contributed by atoms with Gasteiger partial charge in [-0.3, -0.25) is 4.72 Å². The molecule has 0 unspecified atom stereocenters. The van der Waals surface area contributed by atoms with Crippen LogP contribution in [-0.2, 0) is 10.0 Å². The standard InChI is InChI=1S/C16H16N2O2S/c1-4-13-6-5-7-14(10-13)18-21(19,20)16-12(3)9-8-11(2)15(16)17/h1,5-10,18H,17H2,2-3H3. The maximum absolute atomic E-state index is 12.6. The number of hydrogen-bond donors (Lipinski definition) is 2. The number of nitrogens with two attached hydrogens (primary N) is 1. The van der Waals surface area contributed by atoms with Crippen LogP contribution in [0.4, 0.5) is 11.4 Å². The van der Waals surface area contributed by atoms with Crippen molar-refractivity contribution in [1.82, 2.24) is 0 Å². The van der Waals surface area contributed by atoms with E-state index in [9.17, 15) is 8.42 Å². The summed E-state index contributed by atoms with van der Waals surface area (Å²) in [6.45, 7) is 3.48. The van der Waals surface area contributed by atoms with Crippen LogP contribution >= 0.6 is 0 Å². The first-order valence-corrected chi connectivity index (χ1v) is 7.78. The van der Waals surface area contributed by atoms with Crippen molar-refractivity contribution in [3.05, 3.63) is 53.1 Å². The number of sulfonamides is 1. The molecule has 0 radical (unpaired) electrons. The van der Waals surface area contributed by atoms with Crippen LogP contribution in [0.1, 0.15) is 16.7 Å². The monoisotopic (exact) mass is 300 g/mol. The molecule has 0 bridgehead atoms. The summed E-state index contributed by atoms with van der Waals surface area (Å²) < 4.78 is 27.6. The lowest BCUT2D eigenvalue weighted by Gasteiger charge is -2.14. The number of anilines is 2. The summed E-state index contributed by atoms with van der Waals surface area (Å²) >= 11 is 0. The maximum Gasteiger partial charge on any atom is 0.264 e. The zero-order valence-corrected chi connectivity index (χ0v) is 12.7. The summed E-state index contributed by atoms with van der Waals surface area (Å²) in [5.74, 6) is 2.47. The molecule has 3 N–H and O–H groups in total. The third-order valence-corrected chi connectivity index (χ3v) is 4.74. The fourth-order valence-corrected chi connectivity index (χ4v) is 3.52. The molecule has 0 aliphatic carbocycles. The summed E-state index contributed by atoms with van der Waals surface area (Å²) in [6, 6.07) is 10.2. The van der Waals surface area contributed by atoms with E-state index in [2.05, 4.69) is 10.6 Å². The summed E-state index contributed by atoms with van der Waals surface area (Å²) in [5.41, 5.74) is 8.51. The molecule has 0 spiro atoms. The quantitative estimate of drug-likeness (QED) is 0.676. The molecular weight excluding hydrogens is 284 g/mol. The first-order chi connectivity index (χ1) is 9.85. The molecule has 0 fully saturated rings. The number of terminal acetylenes is 1. The number of nitrogen functional groups attached to an aromatic ring is 1. The molecular formula is C16H16N2O2S. The van der Waals surface area contributed by atoms with E-state index in [1.807, 2.05) is 0 Å². The van der Waals surface area contributed by atoms with Crippen molar-refractivity contribution in [2.45, 2.75) is 18.7 Å². The molecule has 0 heterocycles. The number of hydrogen-bond acceptors (Lipinski definition) is 3. The molecule has 0 saturated carbocycles. The van der Waals surface area contributed by atoms with Crippen molar-refractivity contribution in [1.29, 1.82) is 0 Å². The van der Waals surface area contributed by atoms with Gasteiger partial charge in [-0.2, -0.15) is 0 Å². The Kier molecular flexibility index (Phi) is 3.92. The predicted octanol–water partition coefficient (Wildman–Crippen LogP) is 2.67. The van der Waals surface area contributed by atoms with Gasteiger partial charge >= 0.3 is 0 Å². The van der Waals surface area contributed by atoms with Gasteiger partial charge in [0, 0.05) is 5.56 Å². The van der Waals surface area contributed by atoms with E-state index in [1.54, 1.807) is 50.2 Å². The lowest BCUT2D eigenvalue weighted by Crippen LogP contribution is -2.17. The van der Waals surface area contributed by atoms with Gasteiger partial charge in [-0.1, -0.05) is 24.1 Å². The topological polar surface area (TPSA) is 72.2 Å². The number of aryl methyl sites for hydroxylation is 2. The Hall–Kier alpha value is -2.45. The zero-order valence-electron chi connectivity index (χ0n) is 11.8. The van der Waals surface area contributed by atoms with Gasteiger partial charge in [0.25, 0.3) is 10.0 Å². The Morgan fingerprint density at radius 1 is 1.14 bits per heavy atom. The van der Waals surface area contributed by atoms with E-state index < -0.39 is 10.0 Å². The van der Waals surface area contributed by atoms with Crippen LogP contribution < -0.4 is 10.5 Å². The lowest BCUT2D eigenvalue weighted by atomic mass is 10.1. The molecule has 0 atom stereocenters. The van der Waals surface area contributed by atoms with Gasteiger partial charge in [0.1, 0.15) is 4.90 Å². The predicted molar refractivity (Wildman–Crippen MR) is 85.5 cm³/mol. The maximum atomic E-state index is 12.6. The molecule has 0 aromatic heterocycles. The molecule has 2 aromatic carbocycles. The van der Waals surface area contributed by atoms with Gasteiger partial charge in [-0.05, 0) is 43.2 Å². The van der Waals surface area contributed by atoms with Crippen molar-refractivity contribution < 1.29 is 8.42 Å². The summed E-state index contributed by atoms with van der Waals surface area (Å²) in [6.07, 6.45) is 5.31. The smallest absolute Gasteiger partial charge is 0.264 e. The Labute approximate surface area is 125 Å². The highest BCUT2D eigenvalue weighted by molar-refractivity contribution is 7.93. The van der Waals surface area contributed by atoms with E-state index >= 15 is 0 Å². The molecule has 4 nitrogen and oxygen atoms in total. The van der Waals surface area contributed by atoms with Crippen LogP contribution in [0.2, 0.25) is 0 Å². The minimum absolute atomic E-state index is 0.105. The second kappa shape index (κ2) is 5.51. The molecule has 21 heavy (non-hydrogen) atoms. The summed E-state index contributed by atoms with van der Waals surface area (Å²) in [5, 5.41) is 0.